The molecule has 1 aromatic carbocycles. The highest BCUT2D eigenvalue weighted by molar-refractivity contribution is 9.10. The first-order chi connectivity index (χ1) is 10.1. The second-order valence-corrected chi connectivity index (χ2v) is 5.56. The van der Waals surface area contributed by atoms with Gasteiger partial charge in [0.15, 0.2) is 0 Å². The van der Waals surface area contributed by atoms with Gasteiger partial charge in [-0.2, -0.15) is 0 Å². The van der Waals surface area contributed by atoms with Crippen LogP contribution in [0.25, 0.3) is 10.9 Å². The zero-order chi connectivity index (χ0) is 15.2. The van der Waals surface area contributed by atoms with E-state index >= 15 is 0 Å². The predicted octanol–water partition coefficient (Wildman–Crippen LogP) is 1.31. The van der Waals surface area contributed by atoms with E-state index in [0.29, 0.717) is 17.4 Å². The number of nitrogens with zero attached hydrogens (tertiary/aromatic N) is 2. The van der Waals surface area contributed by atoms with Crippen molar-refractivity contribution < 1.29 is 4.79 Å². The van der Waals surface area contributed by atoms with Crippen molar-refractivity contribution in [2.45, 2.75) is 13.0 Å². The number of aromatic nitrogens is 2. The van der Waals surface area contributed by atoms with Crippen molar-refractivity contribution in [2.24, 2.45) is 0 Å². The highest BCUT2D eigenvalue weighted by atomic mass is 79.9. The van der Waals surface area contributed by atoms with Crippen LogP contribution in [0.3, 0.4) is 0 Å². The molecule has 2 aromatic rings. The molecule has 0 spiro atoms. The number of rotatable bonds is 6. The smallest absolute Gasteiger partial charge is 0.261 e. The summed E-state index contributed by atoms with van der Waals surface area (Å²) >= 11 is 3.33. The molecule has 0 saturated heterocycles. The van der Waals surface area contributed by atoms with E-state index in [1.54, 1.807) is 12.1 Å². The number of fused-ring (bicyclic) bond motifs is 1. The first-order valence-corrected chi connectivity index (χ1v) is 7.47. The number of benzene rings is 1. The summed E-state index contributed by atoms with van der Waals surface area (Å²) in [5.41, 5.74) is 0.403. The third-order valence-electron chi connectivity index (χ3n) is 3.03. The number of nitrogens with one attached hydrogen (secondary N) is 2. The molecule has 2 rings (SSSR count). The molecule has 0 aliphatic carbocycles. The monoisotopic (exact) mass is 388 g/mol. The Bertz CT molecular complexity index is 705. The van der Waals surface area contributed by atoms with Crippen molar-refractivity contribution in [3.63, 3.8) is 0 Å². The Hall–Kier alpha value is -1.44. The summed E-state index contributed by atoms with van der Waals surface area (Å²) in [7, 11) is 1.86. The molecule has 120 valence electrons. The summed E-state index contributed by atoms with van der Waals surface area (Å²) in [6, 6.07) is 5.31. The molecule has 0 unspecified atom stereocenters. The summed E-state index contributed by atoms with van der Waals surface area (Å²) in [6.45, 7) is 1.40. The number of amides is 1. The first-order valence-electron chi connectivity index (χ1n) is 6.68. The van der Waals surface area contributed by atoms with Gasteiger partial charge in [0, 0.05) is 11.0 Å². The molecule has 1 aromatic heterocycles. The summed E-state index contributed by atoms with van der Waals surface area (Å²) in [6.07, 6.45) is 2.26. The van der Waals surface area contributed by atoms with Gasteiger partial charge in [-0.1, -0.05) is 15.9 Å². The van der Waals surface area contributed by atoms with Crippen LogP contribution in [0.4, 0.5) is 0 Å². The molecule has 0 aliphatic rings. The third-order valence-corrected chi connectivity index (χ3v) is 3.52. The highest BCUT2D eigenvalue weighted by Crippen LogP contribution is 2.14. The Kier molecular flexibility index (Phi) is 7.50. The molecule has 1 amide bonds. The Morgan fingerprint density at radius 3 is 2.86 bits per heavy atom. The van der Waals surface area contributed by atoms with Gasteiger partial charge < -0.3 is 10.6 Å². The number of halogens is 2. The molecule has 0 radical (unpaired) electrons. The Morgan fingerprint density at radius 2 is 2.14 bits per heavy atom. The van der Waals surface area contributed by atoms with Crippen LogP contribution in [-0.2, 0) is 11.3 Å². The molecule has 0 saturated carbocycles. The molecule has 0 atom stereocenters. The van der Waals surface area contributed by atoms with Crippen LogP contribution in [0.1, 0.15) is 6.42 Å². The number of hydrogen-bond acceptors (Lipinski definition) is 4. The molecule has 22 heavy (non-hydrogen) atoms. The topological polar surface area (TPSA) is 76.0 Å². The van der Waals surface area contributed by atoms with Gasteiger partial charge in [-0.05, 0) is 38.2 Å². The zero-order valence-electron chi connectivity index (χ0n) is 12.1. The fourth-order valence-electron chi connectivity index (χ4n) is 1.95. The van der Waals surface area contributed by atoms with E-state index in [1.807, 2.05) is 13.1 Å². The molecular formula is C14H18BrClN4O2. The van der Waals surface area contributed by atoms with Gasteiger partial charge in [0.1, 0.15) is 6.54 Å². The van der Waals surface area contributed by atoms with Gasteiger partial charge in [0.25, 0.3) is 5.56 Å². The standard InChI is InChI=1S/C14H17BrN4O2.ClH/c1-16-5-2-6-17-13(20)8-19-9-18-12-4-3-10(15)7-11(12)14(19)21;/h3-4,7,9,16H,2,5-6,8H2,1H3,(H,17,20);1H. The minimum atomic E-state index is -0.216. The second kappa shape index (κ2) is 8.87. The molecule has 0 bridgehead atoms. The van der Waals surface area contributed by atoms with Crippen molar-refractivity contribution in [1.82, 2.24) is 20.2 Å². The molecule has 0 fully saturated rings. The van der Waals surface area contributed by atoms with Crippen molar-refractivity contribution in [3.8, 4) is 0 Å². The van der Waals surface area contributed by atoms with E-state index in [1.165, 1.54) is 10.9 Å². The van der Waals surface area contributed by atoms with E-state index in [-0.39, 0.29) is 30.4 Å². The van der Waals surface area contributed by atoms with Crippen molar-refractivity contribution in [3.05, 3.63) is 39.4 Å². The second-order valence-electron chi connectivity index (χ2n) is 4.65. The maximum absolute atomic E-state index is 12.3. The van der Waals surface area contributed by atoms with Crippen LogP contribution in [0.5, 0.6) is 0 Å². The Balaban J connectivity index is 0.00000242. The highest BCUT2D eigenvalue weighted by Gasteiger charge is 2.08. The van der Waals surface area contributed by atoms with Crippen LogP contribution in [-0.4, -0.2) is 35.6 Å². The third kappa shape index (κ3) is 4.79. The summed E-state index contributed by atoms with van der Waals surface area (Å²) < 4.78 is 2.13. The van der Waals surface area contributed by atoms with E-state index in [4.69, 9.17) is 0 Å². The maximum Gasteiger partial charge on any atom is 0.261 e. The van der Waals surface area contributed by atoms with Gasteiger partial charge in [0.05, 0.1) is 17.2 Å². The molecule has 0 aliphatic heterocycles. The van der Waals surface area contributed by atoms with Crippen LogP contribution < -0.4 is 16.2 Å². The fraction of sp³-hybridized carbons (Fsp3) is 0.357. The van der Waals surface area contributed by atoms with Crippen molar-refractivity contribution >= 4 is 45.1 Å². The summed E-state index contributed by atoms with van der Waals surface area (Å²) in [5, 5.41) is 6.28. The number of hydrogen-bond donors (Lipinski definition) is 2. The Morgan fingerprint density at radius 1 is 1.36 bits per heavy atom. The van der Waals surface area contributed by atoms with Gasteiger partial charge in [-0.15, -0.1) is 12.4 Å². The predicted molar refractivity (Wildman–Crippen MR) is 92.5 cm³/mol. The SMILES string of the molecule is CNCCCNC(=O)Cn1cnc2ccc(Br)cc2c1=O.Cl. The first kappa shape index (κ1) is 18.6. The van der Waals surface area contributed by atoms with Crippen LogP contribution in [0.2, 0.25) is 0 Å². The van der Waals surface area contributed by atoms with Gasteiger partial charge in [-0.25, -0.2) is 4.98 Å². The normalized spacial score (nSPS) is 10.3. The van der Waals surface area contributed by atoms with Gasteiger partial charge >= 0.3 is 0 Å². The van der Waals surface area contributed by atoms with Crippen molar-refractivity contribution in [1.29, 1.82) is 0 Å². The lowest BCUT2D eigenvalue weighted by Gasteiger charge is -2.08. The number of carbonyl (C=O) groups excluding carboxylic acids is 1. The average Bonchev–Trinajstić information content (AvgIpc) is 2.47. The molecule has 6 nitrogen and oxygen atoms in total. The quantitative estimate of drug-likeness (QED) is 0.730. The van der Waals surface area contributed by atoms with E-state index in [0.717, 1.165) is 17.4 Å². The van der Waals surface area contributed by atoms with Crippen LogP contribution in [0, 0.1) is 0 Å². The Labute approximate surface area is 142 Å². The molecule has 1 heterocycles. The minimum Gasteiger partial charge on any atom is -0.355 e. The summed E-state index contributed by atoms with van der Waals surface area (Å²) in [4.78, 5) is 28.3. The lowest BCUT2D eigenvalue weighted by Crippen LogP contribution is -2.33. The lowest BCUT2D eigenvalue weighted by molar-refractivity contribution is -0.121. The van der Waals surface area contributed by atoms with Gasteiger partial charge in [-0.3, -0.25) is 14.2 Å². The van der Waals surface area contributed by atoms with E-state index < -0.39 is 0 Å². The van der Waals surface area contributed by atoms with Gasteiger partial charge in [0.2, 0.25) is 5.91 Å². The fourth-order valence-corrected chi connectivity index (χ4v) is 2.31. The molecular weight excluding hydrogens is 372 g/mol. The average molecular weight is 390 g/mol. The molecule has 8 heteroatoms. The maximum atomic E-state index is 12.3. The molecule has 2 N–H and O–H groups in total. The van der Waals surface area contributed by atoms with Crippen LogP contribution >= 0.6 is 28.3 Å². The van der Waals surface area contributed by atoms with E-state index in [2.05, 4.69) is 31.5 Å². The van der Waals surface area contributed by atoms with Crippen LogP contribution in [0.15, 0.2) is 33.8 Å². The largest absolute Gasteiger partial charge is 0.355 e. The minimum absolute atomic E-state index is 0. The summed E-state index contributed by atoms with van der Waals surface area (Å²) in [5.74, 6) is -0.190. The lowest BCUT2D eigenvalue weighted by atomic mass is 10.2. The van der Waals surface area contributed by atoms with Crippen molar-refractivity contribution in [2.75, 3.05) is 20.1 Å². The van der Waals surface area contributed by atoms with E-state index in [9.17, 15) is 9.59 Å². The zero-order valence-corrected chi connectivity index (χ0v) is 14.5. The number of carbonyl (C=O) groups is 1.